The van der Waals surface area contributed by atoms with Crippen LogP contribution in [0.4, 0.5) is 30.6 Å². The number of carbonyl (C=O) groups excluding carboxylic acids is 2. The summed E-state index contributed by atoms with van der Waals surface area (Å²) < 4.78 is 48.3. The number of aromatic nitrogens is 3. The lowest BCUT2D eigenvalue weighted by atomic mass is 10.0. The number of piperazine rings is 1. The van der Waals surface area contributed by atoms with Gasteiger partial charge in [-0.15, -0.1) is 0 Å². The van der Waals surface area contributed by atoms with E-state index >= 15 is 0 Å². The second kappa shape index (κ2) is 14.0. The zero-order valence-electron chi connectivity index (χ0n) is 28.0. The van der Waals surface area contributed by atoms with Gasteiger partial charge in [0.1, 0.15) is 49.3 Å². The average molecular weight is 688 g/mol. The molecule has 4 aromatic rings. The van der Waals surface area contributed by atoms with Crippen molar-refractivity contribution in [2.24, 2.45) is 0 Å². The topological polar surface area (TPSA) is 106 Å². The fourth-order valence-electron chi connectivity index (χ4n) is 6.66. The SMILES string of the molecule is CC(=O)C(C)N1CCN(c2ccc(N3CCN(c4ccc(OC[C@@H]5CO[C@@](Cn6cncn6)(c6ccc(F)cc6F)O5)cc4)CC3)cc2)C1=O. The third kappa shape index (κ3) is 6.85. The van der Waals surface area contributed by atoms with Crippen LogP contribution in [0.15, 0.2) is 79.4 Å². The Balaban J connectivity index is 0.908. The van der Waals surface area contributed by atoms with Gasteiger partial charge in [-0.2, -0.15) is 5.10 Å². The fraction of sp³-hybridized carbons (Fsp3) is 0.389. The minimum Gasteiger partial charge on any atom is -0.491 e. The molecule has 0 spiro atoms. The van der Waals surface area contributed by atoms with Crippen molar-refractivity contribution < 1.29 is 32.6 Å². The van der Waals surface area contributed by atoms with Gasteiger partial charge in [0.15, 0.2) is 5.78 Å². The molecule has 0 bridgehead atoms. The molecule has 3 fully saturated rings. The number of ether oxygens (including phenoxy) is 3. The maximum atomic E-state index is 14.9. The number of halogens is 2. The van der Waals surface area contributed by atoms with Crippen LogP contribution in [-0.4, -0.2) is 96.1 Å². The normalized spacial score (nSPS) is 21.6. The predicted octanol–water partition coefficient (Wildman–Crippen LogP) is 4.45. The minimum atomic E-state index is -1.52. The van der Waals surface area contributed by atoms with E-state index in [1.54, 1.807) is 16.7 Å². The third-order valence-corrected chi connectivity index (χ3v) is 9.58. The Morgan fingerprint density at radius 2 is 1.60 bits per heavy atom. The van der Waals surface area contributed by atoms with E-state index in [1.807, 2.05) is 36.4 Å². The van der Waals surface area contributed by atoms with E-state index in [2.05, 4.69) is 32.0 Å². The summed E-state index contributed by atoms with van der Waals surface area (Å²) in [6.45, 7) is 8.08. The van der Waals surface area contributed by atoms with Crippen molar-refractivity contribution in [3.05, 3.63) is 96.6 Å². The summed E-state index contributed by atoms with van der Waals surface area (Å²) in [7, 11) is 0. The average Bonchev–Trinajstić information content (AvgIpc) is 3.88. The largest absolute Gasteiger partial charge is 0.491 e. The molecule has 1 unspecified atom stereocenters. The molecule has 3 saturated heterocycles. The molecule has 3 atom stereocenters. The Hall–Kier alpha value is -5.08. The minimum absolute atomic E-state index is 0.0171. The first-order valence-corrected chi connectivity index (χ1v) is 16.7. The summed E-state index contributed by atoms with van der Waals surface area (Å²) in [6, 6.07) is 18.7. The maximum absolute atomic E-state index is 14.9. The second-order valence-corrected chi connectivity index (χ2v) is 12.7. The smallest absolute Gasteiger partial charge is 0.325 e. The lowest BCUT2D eigenvalue weighted by molar-refractivity contribution is -0.192. The van der Waals surface area contributed by atoms with Crippen molar-refractivity contribution in [3.8, 4) is 5.75 Å². The Bertz CT molecular complexity index is 1800. The maximum Gasteiger partial charge on any atom is 0.325 e. The molecular weight excluding hydrogens is 648 g/mol. The first-order chi connectivity index (χ1) is 24.2. The van der Waals surface area contributed by atoms with E-state index in [0.29, 0.717) is 18.8 Å². The van der Waals surface area contributed by atoms with Crippen LogP contribution in [-0.2, 0) is 26.6 Å². The molecule has 0 N–H and O–H groups in total. The van der Waals surface area contributed by atoms with Crippen molar-refractivity contribution in [2.45, 2.75) is 38.3 Å². The number of hydrogen-bond acceptors (Lipinski definition) is 9. The Morgan fingerprint density at radius 1 is 0.940 bits per heavy atom. The van der Waals surface area contributed by atoms with E-state index in [0.717, 1.165) is 49.3 Å². The molecule has 1 aromatic heterocycles. The molecule has 2 amide bonds. The number of carbonyl (C=O) groups is 2. The summed E-state index contributed by atoms with van der Waals surface area (Å²) in [6.07, 6.45) is 2.33. The predicted molar refractivity (Wildman–Crippen MR) is 181 cm³/mol. The van der Waals surface area contributed by atoms with Gasteiger partial charge in [-0.05, 0) is 74.5 Å². The molecule has 3 aromatic carbocycles. The molecule has 12 nitrogen and oxygen atoms in total. The number of anilines is 3. The zero-order valence-corrected chi connectivity index (χ0v) is 28.0. The molecule has 50 heavy (non-hydrogen) atoms. The monoisotopic (exact) mass is 687 g/mol. The Kier molecular flexibility index (Phi) is 9.38. The van der Waals surface area contributed by atoms with Gasteiger partial charge in [0, 0.05) is 68.0 Å². The van der Waals surface area contributed by atoms with Crippen LogP contribution in [0.1, 0.15) is 19.4 Å². The second-order valence-electron chi connectivity index (χ2n) is 12.7. The van der Waals surface area contributed by atoms with E-state index < -0.39 is 29.6 Å². The third-order valence-electron chi connectivity index (χ3n) is 9.58. The van der Waals surface area contributed by atoms with Crippen molar-refractivity contribution in [3.63, 3.8) is 0 Å². The fourth-order valence-corrected chi connectivity index (χ4v) is 6.66. The van der Waals surface area contributed by atoms with Crippen LogP contribution in [0.2, 0.25) is 0 Å². The van der Waals surface area contributed by atoms with Crippen molar-refractivity contribution in [2.75, 3.05) is 67.2 Å². The van der Waals surface area contributed by atoms with Gasteiger partial charge in [0.25, 0.3) is 0 Å². The molecule has 0 radical (unpaired) electrons. The highest BCUT2D eigenvalue weighted by molar-refractivity contribution is 5.97. The van der Waals surface area contributed by atoms with Crippen LogP contribution in [0.25, 0.3) is 0 Å². The van der Waals surface area contributed by atoms with Crippen molar-refractivity contribution in [1.82, 2.24) is 19.7 Å². The van der Waals surface area contributed by atoms with Gasteiger partial charge < -0.3 is 28.9 Å². The number of ketones is 1. The number of Topliss-reactive ketones (excluding diaryl/α,β-unsaturated/α-hetero) is 1. The van der Waals surface area contributed by atoms with Gasteiger partial charge in [0.05, 0.1) is 12.6 Å². The highest BCUT2D eigenvalue weighted by atomic mass is 19.1. The van der Waals surface area contributed by atoms with Crippen molar-refractivity contribution in [1.29, 1.82) is 0 Å². The molecule has 14 heteroatoms. The standard InChI is InChI=1S/C36H39F2N7O5/c1-25(26(2)46)44-17-18-45(35(44)47)30-6-4-28(5-7-30)41-13-15-42(16-14-41)29-8-10-31(11-9-29)48-20-32-21-49-36(50-32,22-43-24-39-23-40-43)33-12-3-27(37)19-34(33)38/h3-12,19,23-25,32H,13-18,20-22H2,1-2H3/t25?,32-,36-/m1/s1. The zero-order chi connectivity index (χ0) is 34.8. The summed E-state index contributed by atoms with van der Waals surface area (Å²) in [5.74, 6) is -2.34. The molecule has 4 heterocycles. The van der Waals surface area contributed by atoms with E-state index in [9.17, 15) is 18.4 Å². The number of urea groups is 1. The van der Waals surface area contributed by atoms with Crippen LogP contribution in [0.3, 0.4) is 0 Å². The molecular formula is C36H39F2N7O5. The van der Waals surface area contributed by atoms with E-state index in [-0.39, 0.29) is 37.1 Å². The lowest BCUT2D eigenvalue weighted by Crippen LogP contribution is -2.46. The first-order valence-electron chi connectivity index (χ1n) is 16.7. The van der Waals surface area contributed by atoms with Gasteiger partial charge >= 0.3 is 6.03 Å². The molecule has 7 rings (SSSR count). The summed E-state index contributed by atoms with van der Waals surface area (Å²) in [4.78, 5) is 36.7. The van der Waals surface area contributed by atoms with Crippen LogP contribution >= 0.6 is 0 Å². The number of benzene rings is 3. The van der Waals surface area contributed by atoms with Gasteiger partial charge in [0.2, 0.25) is 5.79 Å². The molecule has 3 aliphatic heterocycles. The number of amides is 2. The molecule has 0 aliphatic carbocycles. The highest BCUT2D eigenvalue weighted by Crippen LogP contribution is 2.38. The number of nitrogens with zero attached hydrogens (tertiary/aromatic N) is 7. The van der Waals surface area contributed by atoms with Crippen LogP contribution in [0.5, 0.6) is 5.75 Å². The molecule has 3 aliphatic rings. The van der Waals surface area contributed by atoms with Gasteiger partial charge in [-0.3, -0.25) is 9.69 Å². The van der Waals surface area contributed by atoms with Crippen LogP contribution in [0, 0.1) is 11.6 Å². The summed E-state index contributed by atoms with van der Waals surface area (Å²) in [5.41, 5.74) is 3.09. The number of hydrogen-bond donors (Lipinski definition) is 0. The lowest BCUT2D eigenvalue weighted by Gasteiger charge is -2.37. The highest BCUT2D eigenvalue weighted by Gasteiger charge is 2.46. The summed E-state index contributed by atoms with van der Waals surface area (Å²) >= 11 is 0. The van der Waals surface area contributed by atoms with Crippen LogP contribution < -0.4 is 19.4 Å². The van der Waals surface area contributed by atoms with Gasteiger partial charge in [-0.1, -0.05) is 0 Å². The summed E-state index contributed by atoms with van der Waals surface area (Å²) in [5, 5.41) is 4.10. The quantitative estimate of drug-likeness (QED) is 0.226. The van der Waals surface area contributed by atoms with E-state index in [1.165, 1.54) is 36.4 Å². The Labute approximate surface area is 288 Å². The van der Waals surface area contributed by atoms with Gasteiger partial charge in [-0.25, -0.2) is 23.2 Å². The number of rotatable bonds is 11. The molecule has 0 saturated carbocycles. The Morgan fingerprint density at radius 3 is 2.22 bits per heavy atom. The first kappa shape index (κ1) is 33.4. The van der Waals surface area contributed by atoms with E-state index in [4.69, 9.17) is 14.2 Å². The molecule has 262 valence electrons. The van der Waals surface area contributed by atoms with Crippen molar-refractivity contribution >= 4 is 28.9 Å².